The van der Waals surface area contributed by atoms with Gasteiger partial charge in [-0.3, -0.25) is 0 Å². The molecule has 0 bridgehead atoms. The first-order valence-corrected chi connectivity index (χ1v) is 10.7. The van der Waals surface area contributed by atoms with Crippen molar-refractivity contribution in [2.24, 2.45) is 0 Å². The third-order valence-corrected chi connectivity index (χ3v) is 6.75. The van der Waals surface area contributed by atoms with Gasteiger partial charge < -0.3 is 4.74 Å². The summed E-state index contributed by atoms with van der Waals surface area (Å²) in [5, 5.41) is 3.04. The van der Waals surface area contributed by atoms with Crippen LogP contribution in [-0.4, -0.2) is 22.3 Å². The van der Waals surface area contributed by atoms with Crippen molar-refractivity contribution in [3.8, 4) is 5.75 Å². The number of aromatic nitrogens is 2. The van der Waals surface area contributed by atoms with Crippen LogP contribution < -0.4 is 4.74 Å². The molecule has 0 fully saturated rings. The van der Waals surface area contributed by atoms with Crippen molar-refractivity contribution in [1.82, 2.24) is 9.97 Å². The van der Waals surface area contributed by atoms with Gasteiger partial charge in [0.25, 0.3) is 0 Å². The molecule has 0 saturated heterocycles. The van der Waals surface area contributed by atoms with Crippen LogP contribution >= 0.6 is 34.7 Å². The Kier molecular flexibility index (Phi) is 5.15. The van der Waals surface area contributed by atoms with E-state index in [4.69, 9.17) is 21.3 Å². The van der Waals surface area contributed by atoms with Gasteiger partial charge in [-0.05, 0) is 50.3 Å². The molecule has 0 aliphatic heterocycles. The summed E-state index contributed by atoms with van der Waals surface area (Å²) in [6.45, 7) is 2.58. The third kappa shape index (κ3) is 3.64. The van der Waals surface area contributed by atoms with Gasteiger partial charge in [0.05, 0.1) is 11.6 Å². The van der Waals surface area contributed by atoms with E-state index in [0.29, 0.717) is 11.6 Å². The average molecular weight is 391 g/mol. The highest BCUT2D eigenvalue weighted by atomic mass is 35.5. The van der Waals surface area contributed by atoms with Gasteiger partial charge in [0.2, 0.25) is 0 Å². The maximum atomic E-state index is 6.13. The number of ether oxygens (including phenoxy) is 1. The topological polar surface area (TPSA) is 35.0 Å². The minimum atomic E-state index is 0.602. The quantitative estimate of drug-likeness (QED) is 0.318. The van der Waals surface area contributed by atoms with Crippen LogP contribution in [0.1, 0.15) is 29.1 Å². The van der Waals surface area contributed by atoms with E-state index >= 15 is 0 Å². The predicted molar refractivity (Wildman–Crippen MR) is 106 cm³/mol. The number of aryl methyl sites for hydroxylation is 3. The lowest BCUT2D eigenvalue weighted by molar-refractivity contribution is 0.344. The number of thioether (sulfide) groups is 1. The van der Waals surface area contributed by atoms with Crippen molar-refractivity contribution >= 4 is 44.9 Å². The van der Waals surface area contributed by atoms with Gasteiger partial charge in [-0.15, -0.1) is 23.1 Å². The van der Waals surface area contributed by atoms with Gasteiger partial charge in [-0.1, -0.05) is 23.7 Å². The maximum absolute atomic E-state index is 6.13. The molecule has 0 spiro atoms. The van der Waals surface area contributed by atoms with Crippen LogP contribution in [0.4, 0.5) is 0 Å². The number of benzene rings is 1. The fourth-order valence-corrected chi connectivity index (χ4v) is 5.66. The number of halogens is 1. The predicted octanol–water partition coefficient (Wildman–Crippen LogP) is 5.70. The van der Waals surface area contributed by atoms with Crippen LogP contribution in [0.2, 0.25) is 5.02 Å². The van der Waals surface area contributed by atoms with E-state index in [0.717, 1.165) is 33.6 Å². The number of rotatable bonds is 5. The molecule has 0 atom stereocenters. The number of para-hydroxylation sites is 1. The monoisotopic (exact) mass is 390 g/mol. The first kappa shape index (κ1) is 17.1. The Hall–Kier alpha value is -1.30. The van der Waals surface area contributed by atoms with Crippen LogP contribution in [-0.2, 0) is 12.8 Å². The van der Waals surface area contributed by atoms with Gasteiger partial charge in [-0.2, -0.15) is 0 Å². The van der Waals surface area contributed by atoms with Crippen molar-refractivity contribution in [2.45, 2.75) is 37.6 Å². The standard InChI is InChI=1S/C19H19ClN2OS2/c1-12-21-18(24-11-10-23-15-8-4-3-7-14(15)20)17-13-6-2-5-9-16(13)25-19(17)22-12/h3-4,7-8H,2,5-6,9-11H2,1H3. The molecule has 0 N–H and O–H groups in total. The molecule has 2 heterocycles. The van der Waals surface area contributed by atoms with Gasteiger partial charge in [0.1, 0.15) is 21.4 Å². The summed E-state index contributed by atoms with van der Waals surface area (Å²) >= 11 is 9.74. The molecule has 25 heavy (non-hydrogen) atoms. The summed E-state index contributed by atoms with van der Waals surface area (Å²) in [4.78, 5) is 12.1. The largest absolute Gasteiger partial charge is 0.491 e. The number of nitrogens with zero attached hydrogens (tertiary/aromatic N) is 2. The van der Waals surface area contributed by atoms with Crippen LogP contribution in [0.3, 0.4) is 0 Å². The first-order chi connectivity index (χ1) is 12.2. The average Bonchev–Trinajstić information content (AvgIpc) is 2.98. The third-order valence-electron chi connectivity index (χ3n) is 4.31. The lowest BCUT2D eigenvalue weighted by atomic mass is 9.97. The normalized spacial score (nSPS) is 13.8. The van der Waals surface area contributed by atoms with Gasteiger partial charge in [-0.25, -0.2) is 9.97 Å². The molecule has 1 aliphatic rings. The minimum Gasteiger partial charge on any atom is -0.491 e. The highest BCUT2D eigenvalue weighted by molar-refractivity contribution is 7.99. The number of hydrogen-bond acceptors (Lipinski definition) is 5. The Morgan fingerprint density at radius 2 is 2.04 bits per heavy atom. The molecule has 0 radical (unpaired) electrons. The first-order valence-electron chi connectivity index (χ1n) is 8.51. The van der Waals surface area contributed by atoms with Crippen molar-refractivity contribution in [3.63, 3.8) is 0 Å². The zero-order valence-electron chi connectivity index (χ0n) is 14.0. The lowest BCUT2D eigenvalue weighted by Crippen LogP contribution is -2.02. The fraction of sp³-hybridized carbons (Fsp3) is 0.368. The summed E-state index contributed by atoms with van der Waals surface area (Å²) in [6.07, 6.45) is 4.91. The SMILES string of the molecule is Cc1nc(SCCOc2ccccc2Cl)c2c3c(sc2n1)CCCC3. The summed E-state index contributed by atoms with van der Waals surface area (Å²) in [5.74, 6) is 2.42. The summed E-state index contributed by atoms with van der Waals surface area (Å²) in [5.41, 5.74) is 1.49. The number of hydrogen-bond donors (Lipinski definition) is 0. The zero-order valence-corrected chi connectivity index (χ0v) is 16.4. The molecule has 0 saturated carbocycles. The molecule has 0 amide bonds. The van der Waals surface area contributed by atoms with Crippen molar-refractivity contribution in [2.75, 3.05) is 12.4 Å². The van der Waals surface area contributed by atoms with Crippen LogP contribution in [0.15, 0.2) is 29.3 Å². The molecule has 130 valence electrons. The second-order valence-corrected chi connectivity index (χ2v) is 8.67. The van der Waals surface area contributed by atoms with Crippen LogP contribution in [0, 0.1) is 6.92 Å². The van der Waals surface area contributed by atoms with E-state index in [1.807, 2.05) is 42.5 Å². The molecular weight excluding hydrogens is 372 g/mol. The highest BCUT2D eigenvalue weighted by Crippen LogP contribution is 2.39. The summed E-state index contributed by atoms with van der Waals surface area (Å²) < 4.78 is 5.80. The van der Waals surface area contributed by atoms with Crippen LogP contribution in [0.25, 0.3) is 10.2 Å². The Morgan fingerprint density at radius 3 is 2.92 bits per heavy atom. The van der Waals surface area contributed by atoms with Gasteiger partial charge in [0.15, 0.2) is 0 Å². The Labute approximate surface area is 160 Å². The molecule has 0 unspecified atom stereocenters. The van der Waals surface area contributed by atoms with E-state index in [1.54, 1.807) is 11.8 Å². The molecule has 6 heteroatoms. The summed E-state index contributed by atoms with van der Waals surface area (Å²) in [7, 11) is 0. The van der Waals surface area contributed by atoms with E-state index in [2.05, 4.69) is 4.98 Å². The maximum Gasteiger partial charge on any atom is 0.137 e. The van der Waals surface area contributed by atoms with Gasteiger partial charge >= 0.3 is 0 Å². The minimum absolute atomic E-state index is 0.602. The summed E-state index contributed by atoms with van der Waals surface area (Å²) in [6, 6.07) is 7.58. The second-order valence-electron chi connectivity index (χ2n) is 6.09. The van der Waals surface area contributed by atoms with Crippen molar-refractivity contribution in [3.05, 3.63) is 45.6 Å². The second kappa shape index (κ2) is 7.52. The molecule has 1 aromatic carbocycles. The Balaban J connectivity index is 1.51. The number of thiophene rings is 1. The Morgan fingerprint density at radius 1 is 1.20 bits per heavy atom. The number of fused-ring (bicyclic) bond motifs is 3. The van der Waals surface area contributed by atoms with Gasteiger partial charge in [0, 0.05) is 16.0 Å². The van der Waals surface area contributed by atoms with E-state index in [9.17, 15) is 0 Å². The molecule has 3 aromatic rings. The smallest absolute Gasteiger partial charge is 0.137 e. The molecule has 4 rings (SSSR count). The van der Waals surface area contributed by atoms with Crippen molar-refractivity contribution in [1.29, 1.82) is 0 Å². The van der Waals surface area contributed by atoms with E-state index in [-0.39, 0.29) is 0 Å². The highest BCUT2D eigenvalue weighted by Gasteiger charge is 2.20. The van der Waals surface area contributed by atoms with E-state index in [1.165, 1.54) is 35.1 Å². The fourth-order valence-electron chi connectivity index (χ4n) is 3.18. The lowest BCUT2D eigenvalue weighted by Gasteiger charge is -2.12. The molecule has 1 aliphatic carbocycles. The molecule has 3 nitrogen and oxygen atoms in total. The molecule has 2 aromatic heterocycles. The van der Waals surface area contributed by atoms with Crippen LogP contribution in [0.5, 0.6) is 5.75 Å². The van der Waals surface area contributed by atoms with Crippen molar-refractivity contribution < 1.29 is 4.74 Å². The molecular formula is C19H19ClN2OS2. The van der Waals surface area contributed by atoms with E-state index < -0.39 is 0 Å². The zero-order chi connectivity index (χ0) is 17.2. The Bertz CT molecular complexity index is 910.